The third-order valence-electron chi connectivity index (χ3n) is 4.81. The highest BCUT2D eigenvalue weighted by Crippen LogP contribution is 2.32. The average molecular weight is 301 g/mol. The van der Waals surface area contributed by atoms with Crippen LogP contribution in [0.25, 0.3) is 27.6 Å². The zero-order valence-corrected chi connectivity index (χ0v) is 14.1. The number of nitrogens with zero attached hydrogens (tertiary/aromatic N) is 2. The maximum atomic E-state index is 2.40. The average Bonchev–Trinajstić information content (AvgIpc) is 2.85. The van der Waals surface area contributed by atoms with Crippen LogP contribution in [0.15, 0.2) is 54.7 Å². The van der Waals surface area contributed by atoms with Crippen molar-refractivity contribution >= 4 is 21.9 Å². The molecule has 2 heterocycles. The Hall–Kier alpha value is -2.61. The van der Waals surface area contributed by atoms with Crippen LogP contribution in [0.5, 0.6) is 0 Å². The number of rotatable bonds is 1. The van der Waals surface area contributed by atoms with Gasteiger partial charge < -0.3 is 0 Å². The Labute approximate surface area is 136 Å². The second-order valence-electron chi connectivity index (χ2n) is 6.44. The van der Waals surface area contributed by atoms with E-state index in [0.29, 0.717) is 0 Å². The largest absolute Gasteiger partial charge is 0.294 e. The number of hydrogen-bond donors (Lipinski definition) is 0. The van der Waals surface area contributed by atoms with E-state index in [0.717, 1.165) is 0 Å². The van der Waals surface area contributed by atoms with Crippen LogP contribution in [0.4, 0.5) is 0 Å². The summed E-state index contributed by atoms with van der Waals surface area (Å²) in [7, 11) is 2.13. The van der Waals surface area contributed by atoms with Crippen LogP contribution in [0.1, 0.15) is 16.7 Å². The standard InChI is InChI=1S/C21H21N2/c1-14-12-18-17-9-5-6-10-20(17)23(21(18)22(4)13-14)19-11-7-8-15(2)16(19)3/h5-13H,1-4H3/q+1. The fourth-order valence-electron chi connectivity index (χ4n) is 3.59. The molecular weight excluding hydrogens is 280 g/mol. The Kier molecular flexibility index (Phi) is 3.02. The summed E-state index contributed by atoms with van der Waals surface area (Å²) in [4.78, 5) is 0. The Morgan fingerprint density at radius 3 is 2.48 bits per heavy atom. The number of benzene rings is 2. The molecule has 0 fully saturated rings. The van der Waals surface area contributed by atoms with Gasteiger partial charge in [0.05, 0.1) is 18.6 Å². The summed E-state index contributed by atoms with van der Waals surface area (Å²) in [6.45, 7) is 6.54. The molecule has 2 nitrogen and oxygen atoms in total. The van der Waals surface area contributed by atoms with E-state index >= 15 is 0 Å². The van der Waals surface area contributed by atoms with Crippen molar-refractivity contribution in [1.82, 2.24) is 4.57 Å². The van der Waals surface area contributed by atoms with E-state index in [-0.39, 0.29) is 0 Å². The van der Waals surface area contributed by atoms with Gasteiger partial charge >= 0.3 is 0 Å². The highest BCUT2D eigenvalue weighted by molar-refractivity contribution is 6.07. The lowest BCUT2D eigenvalue weighted by Gasteiger charge is -2.08. The summed E-state index contributed by atoms with van der Waals surface area (Å²) in [5.74, 6) is 0. The van der Waals surface area contributed by atoms with Gasteiger partial charge in [-0.05, 0) is 61.7 Å². The van der Waals surface area contributed by atoms with Gasteiger partial charge in [0.15, 0.2) is 0 Å². The Morgan fingerprint density at radius 2 is 1.65 bits per heavy atom. The highest BCUT2D eigenvalue weighted by atomic mass is 15.1. The minimum Gasteiger partial charge on any atom is -0.236 e. The maximum absolute atomic E-state index is 2.40. The smallest absolute Gasteiger partial charge is 0.236 e. The minimum absolute atomic E-state index is 1.24. The number of para-hydroxylation sites is 1. The van der Waals surface area contributed by atoms with Gasteiger partial charge in [0.2, 0.25) is 0 Å². The summed E-state index contributed by atoms with van der Waals surface area (Å²) in [6.07, 6.45) is 2.20. The monoisotopic (exact) mass is 301 g/mol. The quantitative estimate of drug-likeness (QED) is 0.457. The first-order valence-corrected chi connectivity index (χ1v) is 8.04. The van der Waals surface area contributed by atoms with Crippen molar-refractivity contribution in [3.63, 3.8) is 0 Å². The molecule has 0 saturated carbocycles. The molecule has 0 amide bonds. The van der Waals surface area contributed by atoms with Crippen molar-refractivity contribution in [3.8, 4) is 5.69 Å². The van der Waals surface area contributed by atoms with Crippen molar-refractivity contribution in [2.45, 2.75) is 20.8 Å². The van der Waals surface area contributed by atoms with Crippen LogP contribution in [0, 0.1) is 20.8 Å². The SMILES string of the molecule is Cc1cc2c3ccccc3n(-c3cccc(C)c3C)c2[n+](C)c1. The number of aromatic nitrogens is 2. The number of hydrogen-bond acceptors (Lipinski definition) is 0. The minimum atomic E-state index is 1.24. The Bertz CT molecular complexity index is 1050. The molecule has 23 heavy (non-hydrogen) atoms. The van der Waals surface area contributed by atoms with E-state index < -0.39 is 0 Å². The second-order valence-corrected chi connectivity index (χ2v) is 6.44. The van der Waals surface area contributed by atoms with Gasteiger partial charge in [-0.15, -0.1) is 0 Å². The molecule has 2 aromatic heterocycles. The fourth-order valence-corrected chi connectivity index (χ4v) is 3.59. The summed E-state index contributed by atoms with van der Waals surface area (Å²) < 4.78 is 4.64. The van der Waals surface area contributed by atoms with Gasteiger partial charge in [-0.3, -0.25) is 0 Å². The molecule has 4 aromatic rings. The molecule has 0 bridgehead atoms. The van der Waals surface area contributed by atoms with E-state index in [1.54, 1.807) is 0 Å². The lowest BCUT2D eigenvalue weighted by atomic mass is 10.1. The summed E-state index contributed by atoms with van der Waals surface area (Å²) in [6, 6.07) is 17.5. The molecule has 0 saturated heterocycles. The summed E-state index contributed by atoms with van der Waals surface area (Å²) in [5, 5.41) is 2.62. The first-order chi connectivity index (χ1) is 11.1. The first-order valence-electron chi connectivity index (χ1n) is 8.04. The fraction of sp³-hybridized carbons (Fsp3) is 0.190. The van der Waals surface area contributed by atoms with Crippen LogP contribution < -0.4 is 4.57 Å². The highest BCUT2D eigenvalue weighted by Gasteiger charge is 2.23. The van der Waals surface area contributed by atoms with Crippen LogP contribution in [0.3, 0.4) is 0 Å². The predicted octanol–water partition coefficient (Wildman–Crippen LogP) is 4.53. The van der Waals surface area contributed by atoms with E-state index in [1.807, 2.05) is 0 Å². The lowest BCUT2D eigenvalue weighted by molar-refractivity contribution is -0.647. The Balaban J connectivity index is 2.27. The zero-order chi connectivity index (χ0) is 16.1. The van der Waals surface area contributed by atoms with Gasteiger partial charge in [-0.1, -0.05) is 24.3 Å². The molecule has 2 aromatic carbocycles. The molecule has 0 aliphatic heterocycles. The molecule has 2 heteroatoms. The van der Waals surface area contributed by atoms with Crippen LogP contribution in [-0.4, -0.2) is 4.57 Å². The predicted molar refractivity (Wildman–Crippen MR) is 96.2 cm³/mol. The third kappa shape index (κ3) is 1.98. The van der Waals surface area contributed by atoms with Gasteiger partial charge in [0.25, 0.3) is 5.65 Å². The van der Waals surface area contributed by atoms with Crippen LogP contribution >= 0.6 is 0 Å². The molecular formula is C21H21N2+. The van der Waals surface area contributed by atoms with Gasteiger partial charge in [-0.2, -0.15) is 4.57 Å². The lowest BCUT2D eigenvalue weighted by Crippen LogP contribution is -2.31. The molecule has 0 radical (unpaired) electrons. The molecule has 0 atom stereocenters. The van der Waals surface area contributed by atoms with Crippen LogP contribution in [-0.2, 0) is 7.05 Å². The van der Waals surface area contributed by atoms with Gasteiger partial charge in [-0.25, -0.2) is 4.57 Å². The maximum Gasteiger partial charge on any atom is 0.294 e. The second kappa shape index (κ2) is 4.95. The van der Waals surface area contributed by atoms with E-state index in [1.165, 1.54) is 44.3 Å². The normalized spacial score (nSPS) is 11.5. The van der Waals surface area contributed by atoms with E-state index in [4.69, 9.17) is 0 Å². The van der Waals surface area contributed by atoms with Crippen molar-refractivity contribution in [2.75, 3.05) is 0 Å². The number of fused-ring (bicyclic) bond motifs is 3. The summed E-state index contributed by atoms with van der Waals surface area (Å²) in [5.41, 5.74) is 7.70. The van der Waals surface area contributed by atoms with Crippen molar-refractivity contribution in [2.24, 2.45) is 7.05 Å². The molecule has 0 aliphatic carbocycles. The number of aryl methyl sites for hydroxylation is 3. The van der Waals surface area contributed by atoms with E-state index in [2.05, 4.69) is 91.7 Å². The third-order valence-corrected chi connectivity index (χ3v) is 4.81. The van der Waals surface area contributed by atoms with Crippen molar-refractivity contribution in [3.05, 3.63) is 71.4 Å². The molecule has 0 aliphatic rings. The topological polar surface area (TPSA) is 8.81 Å². The Morgan fingerprint density at radius 1 is 0.870 bits per heavy atom. The van der Waals surface area contributed by atoms with Crippen LogP contribution in [0.2, 0.25) is 0 Å². The van der Waals surface area contributed by atoms with Gasteiger partial charge in [0, 0.05) is 5.39 Å². The molecule has 4 rings (SSSR count). The zero-order valence-electron chi connectivity index (χ0n) is 14.1. The molecule has 0 unspecified atom stereocenters. The summed E-state index contributed by atoms with van der Waals surface area (Å²) >= 11 is 0. The molecule has 114 valence electrons. The molecule has 0 spiro atoms. The number of pyridine rings is 1. The van der Waals surface area contributed by atoms with Crippen molar-refractivity contribution < 1.29 is 4.57 Å². The van der Waals surface area contributed by atoms with E-state index in [9.17, 15) is 0 Å². The first kappa shape index (κ1) is 14.0. The molecule has 0 N–H and O–H groups in total. The van der Waals surface area contributed by atoms with Crippen molar-refractivity contribution in [1.29, 1.82) is 0 Å². The van der Waals surface area contributed by atoms with Gasteiger partial charge in [0.1, 0.15) is 11.2 Å².